The Hall–Kier alpha value is -1.88. The molecular formula is C30H36Cl3F3O. The van der Waals surface area contributed by atoms with Crippen molar-refractivity contribution in [1.29, 1.82) is 0 Å². The number of ether oxygens (including phenoxy) is 1. The molecule has 37 heavy (non-hydrogen) atoms. The normalized spacial score (nSPS) is 10.8. The van der Waals surface area contributed by atoms with Crippen LogP contribution in [0.5, 0.6) is 5.75 Å². The third-order valence-electron chi connectivity index (χ3n) is 5.53. The van der Waals surface area contributed by atoms with Crippen LogP contribution in [0.15, 0.2) is 36.4 Å². The fourth-order valence-corrected chi connectivity index (χ4v) is 5.31. The molecule has 0 saturated heterocycles. The molecule has 0 bridgehead atoms. The summed E-state index contributed by atoms with van der Waals surface area (Å²) in [6, 6.07) is 9.12. The van der Waals surface area contributed by atoms with Gasteiger partial charge >= 0.3 is 0 Å². The van der Waals surface area contributed by atoms with Gasteiger partial charge in [-0.3, -0.25) is 0 Å². The van der Waals surface area contributed by atoms with E-state index in [-0.39, 0.29) is 11.5 Å². The predicted molar refractivity (Wildman–Crippen MR) is 153 cm³/mol. The number of methoxy groups -OCH3 is 1. The van der Waals surface area contributed by atoms with Gasteiger partial charge in [0.2, 0.25) is 0 Å². The highest BCUT2D eigenvalue weighted by Gasteiger charge is 2.14. The number of hydrogen-bond acceptors (Lipinski definition) is 1. The average molecular weight is 576 g/mol. The second kappa shape index (κ2) is 14.9. The molecule has 0 atom stereocenters. The van der Waals surface area contributed by atoms with Crippen molar-refractivity contribution in [2.75, 3.05) is 7.11 Å². The number of rotatable bonds is 4. The molecule has 0 aliphatic heterocycles. The number of benzene rings is 3. The van der Waals surface area contributed by atoms with Crippen LogP contribution < -0.4 is 4.74 Å². The topological polar surface area (TPSA) is 9.23 Å². The van der Waals surface area contributed by atoms with Gasteiger partial charge in [-0.15, -0.1) is 0 Å². The molecule has 3 aromatic rings. The van der Waals surface area contributed by atoms with E-state index < -0.39 is 17.5 Å². The first-order valence-corrected chi connectivity index (χ1v) is 13.2. The highest BCUT2D eigenvalue weighted by atomic mass is 35.5. The van der Waals surface area contributed by atoms with E-state index in [1.54, 1.807) is 33.1 Å². The van der Waals surface area contributed by atoms with Crippen LogP contribution in [0.25, 0.3) is 0 Å². The minimum atomic E-state index is -0.880. The molecule has 0 spiro atoms. The van der Waals surface area contributed by atoms with Gasteiger partial charge in [0, 0.05) is 32.8 Å². The van der Waals surface area contributed by atoms with Crippen LogP contribution in [0.2, 0.25) is 15.1 Å². The van der Waals surface area contributed by atoms with Crippen molar-refractivity contribution in [3.05, 3.63) is 96.7 Å². The molecule has 0 amide bonds. The molecular weight excluding hydrogens is 540 g/mol. The maximum Gasteiger partial charge on any atom is 0.132 e. The molecule has 3 rings (SSSR count). The third-order valence-corrected chi connectivity index (χ3v) is 6.38. The smallest absolute Gasteiger partial charge is 0.132 e. The first-order valence-electron chi connectivity index (χ1n) is 12.0. The van der Waals surface area contributed by atoms with E-state index >= 15 is 0 Å². The molecule has 0 fully saturated rings. The minimum Gasteiger partial charge on any atom is -0.496 e. The third kappa shape index (κ3) is 9.74. The Morgan fingerprint density at radius 1 is 0.622 bits per heavy atom. The largest absolute Gasteiger partial charge is 0.496 e. The fraction of sp³-hybridized carbons (Fsp3) is 0.400. The van der Waals surface area contributed by atoms with E-state index in [2.05, 4.69) is 39.8 Å². The molecule has 0 N–H and O–H groups in total. The average Bonchev–Trinajstić information content (AvgIpc) is 2.71. The SMILES string of the molecule is CC(C)c1c(Cl)cc(Cl)cc1Cl.CC(C)c1c(F)cc(F)cc1F.COc1cc(C)cc(C)c1C(C)C. The Bertz CT molecular complexity index is 1080. The van der Waals surface area contributed by atoms with Crippen LogP contribution in [0.3, 0.4) is 0 Å². The van der Waals surface area contributed by atoms with E-state index in [1.165, 1.54) is 16.7 Å². The quantitative estimate of drug-likeness (QED) is 0.301. The molecule has 0 aromatic heterocycles. The second-order valence-corrected chi connectivity index (χ2v) is 11.0. The van der Waals surface area contributed by atoms with Gasteiger partial charge in [-0.25, -0.2) is 13.2 Å². The Kier molecular flexibility index (Phi) is 13.3. The van der Waals surface area contributed by atoms with Crippen molar-refractivity contribution in [3.8, 4) is 5.75 Å². The predicted octanol–water partition coefficient (Wildman–Crippen LogP) is 11.4. The van der Waals surface area contributed by atoms with Gasteiger partial charge in [-0.05, 0) is 72.1 Å². The molecule has 0 unspecified atom stereocenters. The molecule has 1 nitrogen and oxygen atoms in total. The number of aryl methyl sites for hydroxylation is 2. The van der Waals surface area contributed by atoms with Crippen LogP contribution in [-0.2, 0) is 0 Å². The number of halogens is 6. The van der Waals surface area contributed by atoms with Crippen LogP contribution in [0, 0.1) is 31.3 Å². The standard InChI is InChI=1S/C12H18O.C9H9Cl3.C9H9F3/c1-8(2)12-10(4)6-9(3)7-11(12)13-5;2*1-5(2)9-7(11)3-6(10)4-8(9)12/h6-8H,1-5H3;2*3-5H,1-2H3. The Morgan fingerprint density at radius 2 is 1.05 bits per heavy atom. The summed E-state index contributed by atoms with van der Waals surface area (Å²) in [6.07, 6.45) is 0. The van der Waals surface area contributed by atoms with Gasteiger partial charge in [0.15, 0.2) is 0 Å². The summed E-state index contributed by atoms with van der Waals surface area (Å²) in [6.45, 7) is 16.0. The molecule has 7 heteroatoms. The Labute approximate surface area is 234 Å². The second-order valence-electron chi connectivity index (χ2n) is 9.73. The van der Waals surface area contributed by atoms with Crippen LogP contribution in [0.4, 0.5) is 13.2 Å². The van der Waals surface area contributed by atoms with Gasteiger partial charge in [0.1, 0.15) is 23.2 Å². The summed E-state index contributed by atoms with van der Waals surface area (Å²) in [7, 11) is 1.74. The Balaban J connectivity index is 0.000000278. The van der Waals surface area contributed by atoms with Crippen LogP contribution >= 0.6 is 34.8 Å². The molecule has 204 valence electrons. The van der Waals surface area contributed by atoms with Crippen molar-refractivity contribution >= 4 is 34.8 Å². The number of hydrogen-bond donors (Lipinski definition) is 0. The zero-order chi connectivity index (χ0) is 28.6. The molecule has 0 heterocycles. The summed E-state index contributed by atoms with van der Waals surface area (Å²) in [5.74, 6) is -0.921. The van der Waals surface area contributed by atoms with Gasteiger partial charge in [0.05, 0.1) is 7.11 Å². The lowest BCUT2D eigenvalue weighted by Crippen LogP contribution is -1.98. The lowest BCUT2D eigenvalue weighted by atomic mass is 9.95. The monoisotopic (exact) mass is 574 g/mol. The lowest BCUT2D eigenvalue weighted by molar-refractivity contribution is 0.406. The maximum absolute atomic E-state index is 12.9. The van der Waals surface area contributed by atoms with Crippen molar-refractivity contribution in [1.82, 2.24) is 0 Å². The van der Waals surface area contributed by atoms with Crippen molar-refractivity contribution in [2.24, 2.45) is 0 Å². The summed E-state index contributed by atoms with van der Waals surface area (Å²) in [5, 5.41) is 1.86. The zero-order valence-corrected chi connectivity index (χ0v) is 25.1. The lowest BCUT2D eigenvalue weighted by Gasteiger charge is -2.15. The van der Waals surface area contributed by atoms with E-state index in [1.807, 2.05) is 13.8 Å². The zero-order valence-electron chi connectivity index (χ0n) is 22.9. The van der Waals surface area contributed by atoms with E-state index in [9.17, 15) is 13.2 Å². The first kappa shape index (κ1) is 33.1. The fourth-order valence-electron chi connectivity index (χ4n) is 4.06. The highest BCUT2D eigenvalue weighted by molar-refractivity contribution is 6.39. The van der Waals surface area contributed by atoms with Crippen LogP contribution in [0.1, 0.15) is 87.1 Å². The molecule has 0 aliphatic rings. The molecule has 0 saturated carbocycles. The van der Waals surface area contributed by atoms with Gasteiger partial charge < -0.3 is 4.74 Å². The van der Waals surface area contributed by atoms with Gasteiger partial charge in [0.25, 0.3) is 0 Å². The maximum atomic E-state index is 12.9. The highest BCUT2D eigenvalue weighted by Crippen LogP contribution is 2.34. The van der Waals surface area contributed by atoms with E-state index in [4.69, 9.17) is 39.5 Å². The van der Waals surface area contributed by atoms with Crippen molar-refractivity contribution in [3.63, 3.8) is 0 Å². The van der Waals surface area contributed by atoms with Gasteiger partial charge in [-0.2, -0.15) is 0 Å². The van der Waals surface area contributed by atoms with Gasteiger partial charge in [-0.1, -0.05) is 82.4 Å². The van der Waals surface area contributed by atoms with Crippen LogP contribution in [-0.4, -0.2) is 7.11 Å². The first-order chi connectivity index (χ1) is 17.1. The summed E-state index contributed by atoms with van der Waals surface area (Å²) >= 11 is 17.7. The minimum absolute atomic E-state index is 0.0589. The Morgan fingerprint density at radius 3 is 1.43 bits per heavy atom. The van der Waals surface area contributed by atoms with E-state index in [0.29, 0.717) is 39.0 Å². The summed E-state index contributed by atoms with van der Waals surface area (Å²) < 4.78 is 43.5. The van der Waals surface area contributed by atoms with E-state index in [0.717, 1.165) is 11.3 Å². The molecule has 0 radical (unpaired) electrons. The molecule has 3 aromatic carbocycles. The molecule has 0 aliphatic carbocycles. The summed E-state index contributed by atoms with van der Waals surface area (Å²) in [5.41, 5.74) is 4.82. The summed E-state index contributed by atoms with van der Waals surface area (Å²) in [4.78, 5) is 0. The van der Waals surface area contributed by atoms with Crippen molar-refractivity contribution in [2.45, 2.75) is 73.1 Å². The van der Waals surface area contributed by atoms with Crippen molar-refractivity contribution < 1.29 is 17.9 Å².